The molecule has 2 heterocycles. The first-order valence-corrected chi connectivity index (χ1v) is 12.4. The third-order valence-corrected chi connectivity index (χ3v) is 7.53. The lowest BCUT2D eigenvalue weighted by molar-refractivity contribution is -0.0440. The van der Waals surface area contributed by atoms with Crippen molar-refractivity contribution in [2.24, 2.45) is 0 Å². The molecule has 0 radical (unpaired) electrons. The summed E-state index contributed by atoms with van der Waals surface area (Å²) in [6, 6.07) is 11.3. The number of aromatic hydroxyl groups is 1. The summed E-state index contributed by atoms with van der Waals surface area (Å²) >= 11 is 0. The zero-order chi connectivity index (χ0) is 24.6. The molecule has 4 rings (SSSR count). The van der Waals surface area contributed by atoms with Crippen LogP contribution in [0.1, 0.15) is 35.5 Å². The van der Waals surface area contributed by atoms with E-state index in [0.29, 0.717) is 30.0 Å². The highest BCUT2D eigenvalue weighted by Gasteiger charge is 2.32. The molecule has 0 spiro atoms. The smallest absolute Gasteiger partial charge is 0.273 e. The lowest BCUT2D eigenvalue weighted by atomic mass is 10.0. The van der Waals surface area contributed by atoms with Crippen LogP contribution in [-0.4, -0.2) is 59.2 Å². The molecule has 1 aromatic heterocycles. The highest BCUT2D eigenvalue weighted by atomic mass is 32.2. The fourth-order valence-corrected chi connectivity index (χ4v) is 5.71. The molecule has 1 aliphatic rings. The summed E-state index contributed by atoms with van der Waals surface area (Å²) in [6.07, 6.45) is -0.357. The fraction of sp³-hybridized carbons (Fsp3) is 0.333. The molecule has 1 amide bonds. The van der Waals surface area contributed by atoms with E-state index in [1.807, 2.05) is 26.8 Å². The van der Waals surface area contributed by atoms with E-state index in [-0.39, 0.29) is 28.5 Å². The molecule has 3 N–H and O–H groups in total. The number of nitrogens with one attached hydrogen (secondary N) is 2. The normalized spacial score (nSPS) is 19.2. The number of carbonyl (C=O) groups is 1. The molecule has 9 nitrogen and oxygen atoms in total. The van der Waals surface area contributed by atoms with Gasteiger partial charge >= 0.3 is 0 Å². The molecular formula is C24H28N4O5S. The number of phenolic OH excluding ortho intramolecular Hbond substituents is 1. The first-order chi connectivity index (χ1) is 16.0. The number of hydrogen-bond acceptors (Lipinski definition) is 6. The van der Waals surface area contributed by atoms with E-state index in [0.717, 1.165) is 11.1 Å². The van der Waals surface area contributed by atoms with Crippen molar-refractivity contribution in [2.45, 2.75) is 44.8 Å². The Kier molecular flexibility index (Phi) is 6.48. The average Bonchev–Trinajstić information content (AvgIpc) is 3.26. The maximum absolute atomic E-state index is 13.0. The number of hydrogen-bond donors (Lipinski definition) is 3. The van der Waals surface area contributed by atoms with Gasteiger partial charge in [-0.05, 0) is 75.2 Å². The number of anilines is 1. The predicted molar refractivity (Wildman–Crippen MR) is 128 cm³/mol. The highest BCUT2D eigenvalue weighted by molar-refractivity contribution is 7.89. The van der Waals surface area contributed by atoms with E-state index in [1.165, 1.54) is 16.4 Å². The monoisotopic (exact) mass is 484 g/mol. The molecule has 0 bridgehead atoms. The van der Waals surface area contributed by atoms with Crippen molar-refractivity contribution in [3.05, 3.63) is 59.3 Å². The van der Waals surface area contributed by atoms with Crippen LogP contribution in [0.4, 0.5) is 5.69 Å². The molecule has 1 aliphatic heterocycles. The van der Waals surface area contributed by atoms with Crippen molar-refractivity contribution in [3.8, 4) is 17.0 Å². The second-order valence-electron chi connectivity index (χ2n) is 8.70. The number of nitrogens with zero attached hydrogens (tertiary/aromatic N) is 2. The fourth-order valence-electron chi connectivity index (χ4n) is 4.12. The quantitative estimate of drug-likeness (QED) is 0.510. The van der Waals surface area contributed by atoms with E-state index < -0.39 is 15.9 Å². The van der Waals surface area contributed by atoms with Crippen molar-refractivity contribution < 1.29 is 23.1 Å². The second-order valence-corrected chi connectivity index (χ2v) is 10.6. The van der Waals surface area contributed by atoms with Crippen LogP contribution in [0.25, 0.3) is 11.3 Å². The molecule has 1 saturated heterocycles. The molecule has 34 heavy (non-hydrogen) atoms. The number of aromatic amines is 1. The van der Waals surface area contributed by atoms with Crippen molar-refractivity contribution in [1.82, 2.24) is 14.5 Å². The SMILES string of the molecule is Cc1cc(C)c(O)c(-c2cc(C(=O)Nc3ccc(S(=O)(=O)N4C[C@@H](C)O[C@H](C)C4)cc3)[nH]n2)c1. The van der Waals surface area contributed by atoms with Crippen LogP contribution in [0.15, 0.2) is 47.4 Å². The number of morpholine rings is 1. The van der Waals surface area contributed by atoms with Gasteiger partial charge in [-0.15, -0.1) is 0 Å². The number of sulfonamides is 1. The van der Waals surface area contributed by atoms with Gasteiger partial charge in [-0.25, -0.2) is 8.42 Å². The molecule has 2 aromatic carbocycles. The molecule has 0 unspecified atom stereocenters. The van der Waals surface area contributed by atoms with Crippen LogP contribution >= 0.6 is 0 Å². The third-order valence-electron chi connectivity index (χ3n) is 5.68. The maximum atomic E-state index is 13.0. The largest absolute Gasteiger partial charge is 0.507 e. The minimum absolute atomic E-state index is 0.116. The third kappa shape index (κ3) is 4.84. The topological polar surface area (TPSA) is 125 Å². The summed E-state index contributed by atoms with van der Waals surface area (Å²) in [5.74, 6) is -0.320. The Balaban J connectivity index is 1.48. The molecule has 180 valence electrons. The standard InChI is InChI=1S/C24H28N4O5S/c1-14-9-15(2)23(29)20(10-14)21-11-22(27-26-21)24(30)25-18-5-7-19(8-6-18)34(31,32)28-12-16(3)33-17(4)13-28/h5-11,16-17,29H,12-13H2,1-4H3,(H,25,30)(H,26,27)/t16-,17-/m1/s1. The number of aryl methyl sites for hydroxylation is 2. The van der Waals surface area contributed by atoms with Gasteiger partial charge in [0.05, 0.1) is 22.8 Å². The molecule has 0 aliphatic carbocycles. The van der Waals surface area contributed by atoms with Crippen LogP contribution in [0.5, 0.6) is 5.75 Å². The lowest BCUT2D eigenvalue weighted by Crippen LogP contribution is -2.48. The van der Waals surface area contributed by atoms with Crippen molar-refractivity contribution in [1.29, 1.82) is 0 Å². The maximum Gasteiger partial charge on any atom is 0.273 e. The Morgan fingerprint density at radius 3 is 2.41 bits per heavy atom. The van der Waals surface area contributed by atoms with Crippen molar-refractivity contribution in [2.75, 3.05) is 18.4 Å². The van der Waals surface area contributed by atoms with Gasteiger partial charge in [0.2, 0.25) is 10.0 Å². The lowest BCUT2D eigenvalue weighted by Gasteiger charge is -2.34. The zero-order valence-corrected chi connectivity index (χ0v) is 20.3. The minimum Gasteiger partial charge on any atom is -0.507 e. The van der Waals surface area contributed by atoms with Gasteiger partial charge in [-0.1, -0.05) is 6.07 Å². The Bertz CT molecular complexity index is 1310. The van der Waals surface area contributed by atoms with Gasteiger partial charge in [-0.2, -0.15) is 9.40 Å². The van der Waals surface area contributed by atoms with E-state index >= 15 is 0 Å². The van der Waals surface area contributed by atoms with Crippen molar-refractivity contribution in [3.63, 3.8) is 0 Å². The summed E-state index contributed by atoms with van der Waals surface area (Å²) < 4.78 is 33.0. The molecule has 3 aromatic rings. The van der Waals surface area contributed by atoms with Crippen LogP contribution in [0.2, 0.25) is 0 Å². The summed E-state index contributed by atoms with van der Waals surface area (Å²) in [5, 5.41) is 19.9. The number of amides is 1. The highest BCUT2D eigenvalue weighted by Crippen LogP contribution is 2.32. The summed E-state index contributed by atoms with van der Waals surface area (Å²) in [6.45, 7) is 8.00. The van der Waals surface area contributed by atoms with Gasteiger partial charge in [-0.3, -0.25) is 9.89 Å². The predicted octanol–water partition coefficient (Wildman–Crippen LogP) is 3.45. The van der Waals surface area contributed by atoms with Crippen LogP contribution in [0.3, 0.4) is 0 Å². The molecule has 0 saturated carbocycles. The number of H-pyrrole nitrogens is 1. The molecule has 1 fully saturated rings. The number of aromatic nitrogens is 2. The number of rotatable bonds is 5. The number of ether oxygens (including phenoxy) is 1. The Morgan fingerprint density at radius 2 is 1.76 bits per heavy atom. The summed E-state index contributed by atoms with van der Waals surface area (Å²) in [5.41, 5.74) is 3.33. The van der Waals surface area contributed by atoms with Gasteiger partial charge in [0.15, 0.2) is 0 Å². The van der Waals surface area contributed by atoms with Gasteiger partial charge in [0, 0.05) is 24.3 Å². The zero-order valence-electron chi connectivity index (χ0n) is 19.5. The summed E-state index contributed by atoms with van der Waals surface area (Å²) in [4.78, 5) is 12.8. The van der Waals surface area contributed by atoms with Crippen LogP contribution < -0.4 is 5.32 Å². The van der Waals surface area contributed by atoms with Gasteiger partial charge in [0.1, 0.15) is 11.4 Å². The number of benzene rings is 2. The summed E-state index contributed by atoms with van der Waals surface area (Å²) in [7, 11) is -3.66. The molecule has 2 atom stereocenters. The number of carbonyl (C=O) groups excluding carboxylic acids is 1. The second kappa shape index (κ2) is 9.21. The molecule has 10 heteroatoms. The molecular weight excluding hydrogens is 456 g/mol. The first kappa shape index (κ1) is 23.9. The Hall–Kier alpha value is -3.21. The van der Waals surface area contributed by atoms with Crippen molar-refractivity contribution >= 4 is 21.6 Å². The van der Waals surface area contributed by atoms with Gasteiger partial charge < -0.3 is 15.2 Å². The van der Waals surface area contributed by atoms with E-state index in [9.17, 15) is 18.3 Å². The van der Waals surface area contributed by atoms with Gasteiger partial charge in [0.25, 0.3) is 5.91 Å². The Labute approximate surface area is 198 Å². The van der Waals surface area contributed by atoms with E-state index in [1.54, 1.807) is 31.2 Å². The average molecular weight is 485 g/mol. The number of phenols is 1. The van der Waals surface area contributed by atoms with Crippen LogP contribution in [0, 0.1) is 13.8 Å². The minimum atomic E-state index is -3.66. The first-order valence-electron chi connectivity index (χ1n) is 11.0. The van der Waals surface area contributed by atoms with E-state index in [2.05, 4.69) is 15.5 Å². The van der Waals surface area contributed by atoms with E-state index in [4.69, 9.17) is 4.74 Å². The van der Waals surface area contributed by atoms with Crippen LogP contribution in [-0.2, 0) is 14.8 Å². The Morgan fingerprint density at radius 1 is 1.12 bits per heavy atom.